The van der Waals surface area contributed by atoms with Crippen molar-refractivity contribution in [2.24, 2.45) is 5.92 Å². The van der Waals surface area contributed by atoms with Crippen LogP contribution in [-0.2, 0) is 4.79 Å². The summed E-state index contributed by atoms with van der Waals surface area (Å²) < 4.78 is 0. The summed E-state index contributed by atoms with van der Waals surface area (Å²) in [5, 5.41) is 2.25. The van der Waals surface area contributed by atoms with Crippen molar-refractivity contribution in [2.75, 3.05) is 19.0 Å². The highest BCUT2D eigenvalue weighted by Gasteiger charge is 2.22. The summed E-state index contributed by atoms with van der Waals surface area (Å²) in [5.41, 5.74) is 0. The predicted octanol–water partition coefficient (Wildman–Crippen LogP) is 1.58. The van der Waals surface area contributed by atoms with E-state index in [1.54, 1.807) is 4.90 Å². The van der Waals surface area contributed by atoms with Crippen LogP contribution in [0.1, 0.15) is 26.2 Å². The van der Waals surface area contributed by atoms with Gasteiger partial charge in [0, 0.05) is 13.1 Å². The van der Waals surface area contributed by atoms with Gasteiger partial charge in [0.25, 0.3) is 0 Å². The molecule has 0 spiro atoms. The lowest BCUT2D eigenvalue weighted by atomic mass is 9.95. The van der Waals surface area contributed by atoms with Crippen LogP contribution in [0.25, 0.3) is 0 Å². The smallest absolute Gasteiger partial charge is 0.324 e. The molecule has 0 radical (unpaired) electrons. The fourth-order valence-electron chi connectivity index (χ4n) is 1.78. The van der Waals surface area contributed by atoms with E-state index in [9.17, 15) is 9.59 Å². The number of nitrogens with one attached hydrogen (secondary N) is 1. The summed E-state index contributed by atoms with van der Waals surface area (Å²) in [5.74, 6) is 0.119. The Morgan fingerprint density at radius 2 is 2.00 bits per heavy atom. The fourth-order valence-corrected chi connectivity index (χ4v) is 1.84. The van der Waals surface area contributed by atoms with Gasteiger partial charge in [-0.05, 0) is 18.8 Å². The first kappa shape index (κ1) is 12.3. The molecule has 1 aliphatic rings. The van der Waals surface area contributed by atoms with Crippen LogP contribution in [0.3, 0.4) is 0 Å². The lowest BCUT2D eigenvalue weighted by Gasteiger charge is -2.31. The Morgan fingerprint density at radius 3 is 2.47 bits per heavy atom. The molecule has 86 valence electrons. The summed E-state index contributed by atoms with van der Waals surface area (Å²) in [6.07, 6.45) is 3.22. The minimum atomic E-state index is -0.431. The summed E-state index contributed by atoms with van der Waals surface area (Å²) in [6, 6.07) is -0.310. The normalized spacial score (nSPS) is 17.6. The highest BCUT2D eigenvalue weighted by atomic mass is 35.5. The van der Waals surface area contributed by atoms with E-state index in [1.807, 2.05) is 0 Å². The zero-order chi connectivity index (χ0) is 11.3. The number of alkyl halides is 1. The second kappa shape index (κ2) is 5.95. The third-order valence-corrected chi connectivity index (χ3v) is 3.09. The number of halogens is 1. The molecule has 1 fully saturated rings. The van der Waals surface area contributed by atoms with E-state index in [0.29, 0.717) is 0 Å². The third kappa shape index (κ3) is 3.70. The Hall–Kier alpha value is -0.770. The number of hydrogen-bond donors (Lipinski definition) is 1. The van der Waals surface area contributed by atoms with Crippen molar-refractivity contribution >= 4 is 23.5 Å². The highest BCUT2D eigenvalue weighted by molar-refractivity contribution is 6.28. The van der Waals surface area contributed by atoms with Crippen LogP contribution in [0.2, 0.25) is 0 Å². The molecule has 4 nitrogen and oxygen atoms in total. The Kier molecular flexibility index (Phi) is 4.88. The van der Waals surface area contributed by atoms with Gasteiger partial charge in [-0.2, -0.15) is 0 Å². The van der Waals surface area contributed by atoms with E-state index in [0.717, 1.165) is 38.3 Å². The number of urea groups is 1. The largest absolute Gasteiger partial charge is 0.324 e. The molecule has 0 atom stereocenters. The summed E-state index contributed by atoms with van der Waals surface area (Å²) in [6.45, 7) is 3.64. The average molecular weight is 233 g/mol. The molecule has 1 rings (SSSR count). The van der Waals surface area contributed by atoms with Crippen molar-refractivity contribution in [2.45, 2.75) is 26.2 Å². The number of carbonyl (C=O) groups is 2. The number of rotatable bonds is 2. The van der Waals surface area contributed by atoms with Crippen molar-refractivity contribution < 1.29 is 9.59 Å². The fraction of sp³-hybridized carbons (Fsp3) is 0.800. The van der Waals surface area contributed by atoms with E-state index >= 15 is 0 Å². The van der Waals surface area contributed by atoms with Crippen LogP contribution >= 0.6 is 11.6 Å². The van der Waals surface area contributed by atoms with Crippen LogP contribution in [0.15, 0.2) is 0 Å². The van der Waals surface area contributed by atoms with Gasteiger partial charge in [-0.15, -0.1) is 11.6 Å². The third-order valence-electron chi connectivity index (χ3n) is 2.85. The molecule has 0 aliphatic carbocycles. The van der Waals surface area contributed by atoms with Crippen LogP contribution in [0.5, 0.6) is 0 Å². The van der Waals surface area contributed by atoms with E-state index in [2.05, 4.69) is 12.2 Å². The van der Waals surface area contributed by atoms with Gasteiger partial charge in [-0.1, -0.05) is 13.3 Å². The Balaban J connectivity index is 2.33. The van der Waals surface area contributed by atoms with Crippen molar-refractivity contribution in [1.29, 1.82) is 0 Å². The molecule has 0 bridgehead atoms. The van der Waals surface area contributed by atoms with Crippen LogP contribution in [0, 0.1) is 5.92 Å². The first-order valence-electron chi connectivity index (χ1n) is 5.32. The van der Waals surface area contributed by atoms with Gasteiger partial charge in [0.15, 0.2) is 0 Å². The Labute approximate surface area is 95.0 Å². The second-order valence-corrected chi connectivity index (χ2v) is 4.09. The molecule has 1 saturated heterocycles. The molecule has 0 aromatic carbocycles. The van der Waals surface area contributed by atoms with Gasteiger partial charge >= 0.3 is 6.03 Å². The summed E-state index contributed by atoms with van der Waals surface area (Å²) in [4.78, 5) is 24.1. The molecule has 0 aromatic heterocycles. The van der Waals surface area contributed by atoms with Gasteiger partial charge < -0.3 is 4.90 Å². The molecule has 15 heavy (non-hydrogen) atoms. The average Bonchev–Trinajstić information content (AvgIpc) is 2.29. The van der Waals surface area contributed by atoms with Crippen molar-refractivity contribution in [3.63, 3.8) is 0 Å². The Morgan fingerprint density at radius 1 is 1.40 bits per heavy atom. The van der Waals surface area contributed by atoms with Crippen molar-refractivity contribution in [3.05, 3.63) is 0 Å². The van der Waals surface area contributed by atoms with Gasteiger partial charge in [0.05, 0.1) is 0 Å². The van der Waals surface area contributed by atoms with Crippen LogP contribution in [0.4, 0.5) is 4.79 Å². The zero-order valence-corrected chi connectivity index (χ0v) is 9.72. The number of carbonyl (C=O) groups excluding carboxylic acids is 2. The van der Waals surface area contributed by atoms with E-state index < -0.39 is 5.91 Å². The maximum absolute atomic E-state index is 11.5. The first-order valence-corrected chi connectivity index (χ1v) is 5.85. The molecular formula is C10H17ClN2O2. The van der Waals surface area contributed by atoms with E-state index in [4.69, 9.17) is 11.6 Å². The molecule has 0 unspecified atom stereocenters. The summed E-state index contributed by atoms with van der Waals surface area (Å²) >= 11 is 5.30. The standard InChI is InChI=1S/C10H17ClN2O2/c1-2-8-3-5-13(6-4-8)10(15)12-9(14)7-11/h8H,2-7H2,1H3,(H,12,14,15). The molecule has 1 N–H and O–H groups in total. The number of hydrogen-bond acceptors (Lipinski definition) is 2. The van der Waals surface area contributed by atoms with E-state index in [-0.39, 0.29) is 11.9 Å². The minimum Gasteiger partial charge on any atom is -0.324 e. The van der Waals surface area contributed by atoms with E-state index in [1.165, 1.54) is 0 Å². The van der Waals surface area contributed by atoms with Crippen LogP contribution in [-0.4, -0.2) is 35.8 Å². The molecule has 5 heteroatoms. The number of piperidine rings is 1. The van der Waals surface area contributed by atoms with Crippen molar-refractivity contribution in [1.82, 2.24) is 10.2 Å². The monoisotopic (exact) mass is 232 g/mol. The molecule has 0 saturated carbocycles. The number of amides is 3. The summed E-state index contributed by atoms with van der Waals surface area (Å²) in [7, 11) is 0. The van der Waals surface area contributed by atoms with Gasteiger partial charge in [-0.3, -0.25) is 10.1 Å². The Bertz CT molecular complexity index is 238. The lowest BCUT2D eigenvalue weighted by Crippen LogP contribution is -2.46. The first-order chi connectivity index (χ1) is 7.17. The van der Waals surface area contributed by atoms with Gasteiger partial charge in [0.1, 0.15) is 5.88 Å². The molecule has 1 heterocycles. The second-order valence-electron chi connectivity index (χ2n) is 3.83. The van der Waals surface area contributed by atoms with Crippen molar-refractivity contribution in [3.8, 4) is 0 Å². The zero-order valence-electron chi connectivity index (χ0n) is 8.96. The molecule has 0 aromatic rings. The predicted molar refractivity (Wildman–Crippen MR) is 58.8 cm³/mol. The topological polar surface area (TPSA) is 49.4 Å². The number of imide groups is 1. The highest BCUT2D eigenvalue weighted by Crippen LogP contribution is 2.19. The molecule has 1 aliphatic heterocycles. The van der Waals surface area contributed by atoms with Gasteiger partial charge in [0.2, 0.25) is 5.91 Å². The molecule has 3 amide bonds. The quantitative estimate of drug-likeness (QED) is 0.735. The number of nitrogens with zero attached hydrogens (tertiary/aromatic N) is 1. The maximum atomic E-state index is 11.5. The minimum absolute atomic E-state index is 0.169. The number of likely N-dealkylation sites (tertiary alicyclic amines) is 1. The maximum Gasteiger partial charge on any atom is 0.324 e. The SMILES string of the molecule is CCC1CCN(C(=O)NC(=O)CCl)CC1. The van der Waals surface area contributed by atoms with Crippen LogP contribution < -0.4 is 5.32 Å². The lowest BCUT2D eigenvalue weighted by molar-refractivity contribution is -0.117. The van der Waals surface area contributed by atoms with Gasteiger partial charge in [-0.25, -0.2) is 4.79 Å². The molecular weight excluding hydrogens is 216 g/mol.